The predicted octanol–water partition coefficient (Wildman–Crippen LogP) is 3.42. The summed E-state index contributed by atoms with van der Waals surface area (Å²) in [5.74, 6) is -1.30. The summed E-state index contributed by atoms with van der Waals surface area (Å²) in [6.07, 6.45) is 0.277. The summed E-state index contributed by atoms with van der Waals surface area (Å²) in [6, 6.07) is 23.2. The van der Waals surface area contributed by atoms with Gasteiger partial charge >= 0.3 is 5.97 Å². The molecule has 1 aliphatic rings. The van der Waals surface area contributed by atoms with Crippen LogP contribution in [0.4, 0.5) is 5.69 Å². The monoisotopic (exact) mass is 489 g/mol. The van der Waals surface area contributed by atoms with Crippen LogP contribution < -0.4 is 5.32 Å². The SMILES string of the molecule is N#Cc1ccccc1NC(=O)COC(=O)CC1c2ccccc2CCN1S(=O)(=O)c1ccccc1. The van der Waals surface area contributed by atoms with Crippen LogP contribution in [0, 0.1) is 11.3 Å². The van der Waals surface area contributed by atoms with Crippen LogP contribution in [0.5, 0.6) is 0 Å². The molecule has 8 nitrogen and oxygen atoms in total. The second-order valence-corrected chi connectivity index (χ2v) is 9.85. The number of ether oxygens (including phenoxy) is 1. The van der Waals surface area contributed by atoms with Crippen LogP contribution in [0.15, 0.2) is 83.8 Å². The van der Waals surface area contributed by atoms with Gasteiger partial charge in [0.2, 0.25) is 10.0 Å². The van der Waals surface area contributed by atoms with Crippen molar-refractivity contribution in [2.24, 2.45) is 0 Å². The first-order chi connectivity index (χ1) is 16.9. The molecular weight excluding hydrogens is 466 g/mol. The number of rotatable bonds is 7. The Labute approximate surface area is 203 Å². The molecule has 1 aliphatic heterocycles. The molecule has 35 heavy (non-hydrogen) atoms. The van der Waals surface area contributed by atoms with E-state index in [1.165, 1.54) is 16.4 Å². The number of hydrogen-bond donors (Lipinski definition) is 1. The number of para-hydroxylation sites is 1. The molecule has 9 heteroatoms. The molecule has 1 amide bonds. The van der Waals surface area contributed by atoms with Crippen molar-refractivity contribution in [2.45, 2.75) is 23.8 Å². The molecule has 4 rings (SSSR count). The lowest BCUT2D eigenvalue weighted by atomic mass is 9.92. The smallest absolute Gasteiger partial charge is 0.308 e. The van der Waals surface area contributed by atoms with Gasteiger partial charge < -0.3 is 10.1 Å². The molecule has 0 fully saturated rings. The van der Waals surface area contributed by atoms with Crippen molar-refractivity contribution in [2.75, 3.05) is 18.5 Å². The normalized spacial score (nSPS) is 15.5. The van der Waals surface area contributed by atoms with Crippen LogP contribution in [-0.4, -0.2) is 37.8 Å². The van der Waals surface area contributed by atoms with E-state index in [0.717, 1.165) is 11.1 Å². The Kier molecular flexibility index (Phi) is 7.25. The van der Waals surface area contributed by atoms with Crippen LogP contribution in [0.25, 0.3) is 0 Å². The van der Waals surface area contributed by atoms with Gasteiger partial charge in [0.1, 0.15) is 6.07 Å². The average Bonchev–Trinajstić information content (AvgIpc) is 2.88. The zero-order valence-electron chi connectivity index (χ0n) is 18.8. The molecule has 3 aromatic carbocycles. The van der Waals surface area contributed by atoms with Crippen LogP contribution >= 0.6 is 0 Å². The highest BCUT2D eigenvalue weighted by molar-refractivity contribution is 7.89. The average molecular weight is 490 g/mol. The minimum atomic E-state index is -3.86. The van der Waals surface area contributed by atoms with Gasteiger partial charge in [-0.3, -0.25) is 9.59 Å². The lowest BCUT2D eigenvalue weighted by molar-refractivity contribution is -0.148. The fourth-order valence-electron chi connectivity index (χ4n) is 4.09. The van der Waals surface area contributed by atoms with E-state index >= 15 is 0 Å². The number of sulfonamides is 1. The topological polar surface area (TPSA) is 117 Å². The third-order valence-corrected chi connectivity index (χ3v) is 7.68. The summed E-state index contributed by atoms with van der Waals surface area (Å²) >= 11 is 0. The molecule has 3 aromatic rings. The van der Waals surface area contributed by atoms with Crippen LogP contribution in [-0.2, 0) is 30.8 Å². The Morgan fingerprint density at radius 2 is 1.69 bits per heavy atom. The molecule has 0 saturated carbocycles. The fourth-order valence-corrected chi connectivity index (χ4v) is 5.72. The van der Waals surface area contributed by atoms with E-state index in [9.17, 15) is 18.0 Å². The Morgan fingerprint density at radius 3 is 2.46 bits per heavy atom. The van der Waals surface area contributed by atoms with E-state index < -0.39 is 34.5 Å². The molecule has 1 atom stereocenters. The summed E-state index contributed by atoms with van der Waals surface area (Å²) < 4.78 is 33.3. The number of nitriles is 1. The Bertz CT molecular complexity index is 1380. The van der Waals surface area contributed by atoms with Crippen molar-refractivity contribution in [3.63, 3.8) is 0 Å². The quantitative estimate of drug-likeness (QED) is 0.509. The zero-order valence-corrected chi connectivity index (χ0v) is 19.6. The largest absolute Gasteiger partial charge is 0.456 e. The third-order valence-electron chi connectivity index (χ3n) is 5.76. The first-order valence-corrected chi connectivity index (χ1v) is 12.4. The number of carbonyl (C=O) groups excluding carboxylic acids is 2. The molecule has 0 aliphatic carbocycles. The number of nitrogens with zero attached hydrogens (tertiary/aromatic N) is 2. The number of fused-ring (bicyclic) bond motifs is 1. The number of esters is 1. The molecule has 0 spiro atoms. The van der Waals surface area contributed by atoms with Crippen molar-refractivity contribution in [1.29, 1.82) is 5.26 Å². The van der Waals surface area contributed by atoms with Crippen LogP contribution in [0.1, 0.15) is 29.2 Å². The number of hydrogen-bond acceptors (Lipinski definition) is 6. The van der Waals surface area contributed by atoms with E-state index in [4.69, 9.17) is 10.00 Å². The highest BCUT2D eigenvalue weighted by Gasteiger charge is 2.37. The van der Waals surface area contributed by atoms with Crippen LogP contribution in [0.2, 0.25) is 0 Å². The number of benzene rings is 3. The summed E-state index contributed by atoms with van der Waals surface area (Å²) in [7, 11) is -3.86. The van der Waals surface area contributed by atoms with Gasteiger partial charge in [-0.15, -0.1) is 0 Å². The number of nitrogens with one attached hydrogen (secondary N) is 1. The third kappa shape index (κ3) is 5.40. The lowest BCUT2D eigenvalue weighted by Gasteiger charge is -2.36. The van der Waals surface area contributed by atoms with Crippen molar-refractivity contribution in [3.05, 3.63) is 95.6 Å². The zero-order chi connectivity index (χ0) is 24.8. The van der Waals surface area contributed by atoms with Crippen molar-refractivity contribution in [3.8, 4) is 6.07 Å². The Balaban J connectivity index is 1.49. The molecule has 0 saturated heterocycles. The van der Waals surface area contributed by atoms with Gasteiger partial charge in [0.15, 0.2) is 6.61 Å². The minimum Gasteiger partial charge on any atom is -0.456 e. The maximum Gasteiger partial charge on any atom is 0.308 e. The summed E-state index contributed by atoms with van der Waals surface area (Å²) in [4.78, 5) is 25.2. The Hall–Kier alpha value is -4.00. The van der Waals surface area contributed by atoms with Gasteiger partial charge in [-0.25, -0.2) is 8.42 Å². The molecule has 0 bridgehead atoms. The maximum absolute atomic E-state index is 13.4. The standard InChI is InChI=1S/C26H23N3O5S/c27-17-20-9-5-7-13-23(20)28-25(30)18-34-26(31)16-24-22-12-6-4-8-19(22)14-15-29(24)35(32,33)21-10-2-1-3-11-21/h1-13,24H,14-16,18H2,(H,28,30). The van der Waals surface area contributed by atoms with Crippen molar-refractivity contribution < 1.29 is 22.7 Å². The summed E-state index contributed by atoms with van der Waals surface area (Å²) in [6.45, 7) is -0.337. The number of anilines is 1. The first kappa shape index (κ1) is 24.1. The molecule has 0 aromatic heterocycles. The van der Waals surface area contributed by atoms with Gasteiger partial charge in [0.05, 0.1) is 28.6 Å². The van der Waals surface area contributed by atoms with Gasteiger partial charge in [-0.05, 0) is 41.8 Å². The van der Waals surface area contributed by atoms with E-state index in [1.54, 1.807) is 48.5 Å². The Morgan fingerprint density at radius 1 is 1.00 bits per heavy atom. The van der Waals surface area contributed by atoms with Gasteiger partial charge in [-0.2, -0.15) is 9.57 Å². The van der Waals surface area contributed by atoms with Crippen LogP contribution in [0.3, 0.4) is 0 Å². The van der Waals surface area contributed by atoms with Crippen molar-refractivity contribution in [1.82, 2.24) is 4.31 Å². The molecule has 0 radical (unpaired) electrons. The highest BCUT2D eigenvalue weighted by atomic mass is 32.2. The van der Waals surface area contributed by atoms with E-state index in [-0.39, 0.29) is 23.4 Å². The van der Waals surface area contributed by atoms with E-state index in [0.29, 0.717) is 12.1 Å². The second-order valence-electron chi connectivity index (χ2n) is 7.96. The maximum atomic E-state index is 13.4. The lowest BCUT2D eigenvalue weighted by Crippen LogP contribution is -2.41. The molecule has 1 heterocycles. The van der Waals surface area contributed by atoms with E-state index in [2.05, 4.69) is 5.32 Å². The number of amides is 1. The highest BCUT2D eigenvalue weighted by Crippen LogP contribution is 2.36. The van der Waals surface area contributed by atoms with Gasteiger partial charge in [0, 0.05) is 6.54 Å². The summed E-state index contributed by atoms with van der Waals surface area (Å²) in [5, 5.41) is 11.7. The fraction of sp³-hybridized carbons (Fsp3) is 0.192. The predicted molar refractivity (Wildman–Crippen MR) is 129 cm³/mol. The van der Waals surface area contributed by atoms with E-state index in [1.807, 2.05) is 24.3 Å². The van der Waals surface area contributed by atoms with Gasteiger partial charge in [0.25, 0.3) is 5.91 Å². The molecule has 1 unspecified atom stereocenters. The first-order valence-electron chi connectivity index (χ1n) is 11.0. The summed E-state index contributed by atoms with van der Waals surface area (Å²) in [5.41, 5.74) is 2.31. The van der Waals surface area contributed by atoms with Gasteiger partial charge in [-0.1, -0.05) is 54.6 Å². The van der Waals surface area contributed by atoms with Crippen molar-refractivity contribution >= 4 is 27.6 Å². The minimum absolute atomic E-state index is 0.147. The molecule has 178 valence electrons. The molecular formula is C26H23N3O5S. The number of carbonyl (C=O) groups is 2. The molecule has 1 N–H and O–H groups in total. The second kappa shape index (κ2) is 10.5.